The Morgan fingerprint density at radius 1 is 0.720 bits per heavy atom. The highest BCUT2D eigenvalue weighted by atomic mass is 28.5. The first-order chi connectivity index (χ1) is 12.0. The van der Waals surface area contributed by atoms with Gasteiger partial charge < -0.3 is 13.7 Å². The molecule has 0 amide bonds. The lowest BCUT2D eigenvalue weighted by Gasteiger charge is -2.37. The van der Waals surface area contributed by atoms with Gasteiger partial charge in [-0.2, -0.15) is 0 Å². The predicted molar refractivity (Wildman–Crippen MR) is 109 cm³/mol. The molecule has 0 aliphatic rings. The van der Waals surface area contributed by atoms with Crippen LogP contribution in [0.15, 0.2) is 60.7 Å². The minimum Gasteiger partial charge on any atom is -0.408 e. The molecule has 0 aliphatic heterocycles. The number of benzene rings is 2. The summed E-state index contributed by atoms with van der Waals surface area (Å²) in [5, 5.41) is 1.70. The van der Waals surface area contributed by atoms with Crippen molar-refractivity contribution in [3.05, 3.63) is 60.7 Å². The molecule has 0 spiro atoms. The fourth-order valence-electron chi connectivity index (χ4n) is 3.23. The summed E-state index contributed by atoms with van der Waals surface area (Å²) in [5.74, 6) is 0. The zero-order chi connectivity index (χ0) is 18.2. The van der Waals surface area contributed by atoms with Gasteiger partial charge in [-0.3, -0.25) is 0 Å². The van der Waals surface area contributed by atoms with E-state index in [4.69, 9.17) is 4.12 Å². The predicted octanol–water partition coefficient (Wildman–Crippen LogP) is 3.29. The molecule has 5 heteroatoms. The van der Waals surface area contributed by atoms with Gasteiger partial charge in [-0.05, 0) is 17.3 Å². The standard InChI is InChI=1S/C20H30O3Si2/c1-3-5-17-24(18-6-4-2,19-13-9-7-10-14-19)23-25(21,22)20-15-11-8-12-16-20/h7-16,21-22H,3-6,17-18H2,1-2H3. The van der Waals surface area contributed by atoms with Crippen molar-refractivity contribution in [1.29, 1.82) is 0 Å². The van der Waals surface area contributed by atoms with Crippen LogP contribution in [-0.2, 0) is 4.12 Å². The average Bonchev–Trinajstić information content (AvgIpc) is 2.65. The molecule has 25 heavy (non-hydrogen) atoms. The van der Waals surface area contributed by atoms with E-state index in [1.54, 1.807) is 12.1 Å². The van der Waals surface area contributed by atoms with Gasteiger partial charge in [0.2, 0.25) is 8.32 Å². The molecule has 0 aromatic heterocycles. The highest BCUT2D eigenvalue weighted by molar-refractivity contribution is 6.94. The molecule has 0 aliphatic carbocycles. The van der Waals surface area contributed by atoms with Gasteiger partial charge in [0.25, 0.3) is 0 Å². The minimum atomic E-state index is -3.94. The summed E-state index contributed by atoms with van der Waals surface area (Å²) in [6.07, 6.45) is 4.25. The zero-order valence-corrected chi connectivity index (χ0v) is 17.3. The monoisotopic (exact) mass is 374 g/mol. The maximum absolute atomic E-state index is 10.9. The van der Waals surface area contributed by atoms with Crippen LogP contribution in [0.4, 0.5) is 0 Å². The number of hydrogen-bond donors (Lipinski definition) is 2. The first-order valence-electron chi connectivity index (χ1n) is 9.30. The third-order valence-electron chi connectivity index (χ3n) is 4.66. The Morgan fingerprint density at radius 3 is 1.60 bits per heavy atom. The SMILES string of the molecule is CCCC[Si](CCCC)(O[Si](O)(O)c1ccccc1)c1ccccc1. The summed E-state index contributed by atoms with van der Waals surface area (Å²) in [6.45, 7) is 4.34. The lowest BCUT2D eigenvalue weighted by atomic mass is 10.4. The number of rotatable bonds is 10. The molecule has 0 fully saturated rings. The number of unbranched alkanes of at least 4 members (excludes halogenated alkanes) is 2. The normalized spacial score (nSPS) is 12.3. The van der Waals surface area contributed by atoms with Crippen LogP contribution in [-0.4, -0.2) is 26.7 Å². The molecule has 3 nitrogen and oxygen atoms in total. The summed E-state index contributed by atoms with van der Waals surface area (Å²) in [7, 11) is -6.41. The Bertz CT molecular complexity index is 609. The molecular formula is C20H30O3Si2. The quantitative estimate of drug-likeness (QED) is 0.628. The smallest absolute Gasteiger partial charge is 0.408 e. The summed E-state index contributed by atoms with van der Waals surface area (Å²) < 4.78 is 6.39. The van der Waals surface area contributed by atoms with E-state index in [1.165, 1.54) is 5.19 Å². The van der Waals surface area contributed by atoms with E-state index in [2.05, 4.69) is 26.0 Å². The topological polar surface area (TPSA) is 49.7 Å². The van der Waals surface area contributed by atoms with E-state index in [1.807, 2.05) is 36.4 Å². The van der Waals surface area contributed by atoms with Gasteiger partial charge in [-0.25, -0.2) is 0 Å². The largest absolute Gasteiger partial charge is 0.521 e. The van der Waals surface area contributed by atoms with Gasteiger partial charge in [0.05, 0.1) is 0 Å². The summed E-state index contributed by atoms with van der Waals surface area (Å²) in [4.78, 5) is 21.8. The maximum atomic E-state index is 10.9. The van der Waals surface area contributed by atoms with E-state index >= 15 is 0 Å². The van der Waals surface area contributed by atoms with Crippen molar-refractivity contribution in [3.63, 3.8) is 0 Å². The van der Waals surface area contributed by atoms with Crippen LogP contribution in [0.2, 0.25) is 12.1 Å². The molecule has 0 saturated carbocycles. The molecule has 0 unspecified atom stereocenters. The van der Waals surface area contributed by atoms with Crippen LogP contribution >= 0.6 is 0 Å². The van der Waals surface area contributed by atoms with Gasteiger partial charge in [-0.1, -0.05) is 100 Å². The second-order valence-electron chi connectivity index (χ2n) is 6.64. The minimum absolute atomic E-state index is 0.524. The third kappa shape index (κ3) is 5.36. The van der Waals surface area contributed by atoms with Crippen LogP contribution in [0.5, 0.6) is 0 Å². The van der Waals surface area contributed by atoms with E-state index in [0.29, 0.717) is 5.19 Å². The van der Waals surface area contributed by atoms with Crippen molar-refractivity contribution in [2.45, 2.75) is 51.6 Å². The van der Waals surface area contributed by atoms with Gasteiger partial charge in [0.15, 0.2) is 0 Å². The molecule has 0 atom stereocenters. The van der Waals surface area contributed by atoms with E-state index < -0.39 is 17.1 Å². The molecule has 2 aromatic rings. The van der Waals surface area contributed by atoms with Crippen molar-refractivity contribution in [2.75, 3.05) is 0 Å². The molecule has 0 heterocycles. The lowest BCUT2D eigenvalue weighted by molar-refractivity contribution is 0.255. The highest BCUT2D eigenvalue weighted by Crippen LogP contribution is 2.26. The fourth-order valence-corrected chi connectivity index (χ4v) is 11.3. The zero-order valence-electron chi connectivity index (χ0n) is 15.3. The van der Waals surface area contributed by atoms with Crippen molar-refractivity contribution < 1.29 is 13.7 Å². The van der Waals surface area contributed by atoms with Gasteiger partial charge in [-0.15, -0.1) is 0 Å². The van der Waals surface area contributed by atoms with Crippen molar-refractivity contribution in [2.24, 2.45) is 0 Å². The third-order valence-corrected chi connectivity index (χ3v) is 12.2. The second-order valence-corrected chi connectivity index (χ2v) is 12.8. The van der Waals surface area contributed by atoms with Crippen molar-refractivity contribution in [3.8, 4) is 0 Å². The Labute approximate surface area is 153 Å². The van der Waals surface area contributed by atoms with E-state index in [0.717, 1.165) is 37.8 Å². The lowest BCUT2D eigenvalue weighted by Crippen LogP contribution is -2.64. The Morgan fingerprint density at radius 2 is 1.16 bits per heavy atom. The molecule has 0 saturated heterocycles. The van der Waals surface area contributed by atoms with Crippen molar-refractivity contribution in [1.82, 2.24) is 0 Å². The molecule has 2 N–H and O–H groups in total. The highest BCUT2D eigenvalue weighted by Gasteiger charge is 2.47. The van der Waals surface area contributed by atoms with Gasteiger partial charge in [0, 0.05) is 5.19 Å². The van der Waals surface area contributed by atoms with E-state index in [9.17, 15) is 9.59 Å². The Hall–Kier alpha value is -1.25. The van der Waals surface area contributed by atoms with Crippen LogP contribution < -0.4 is 10.4 Å². The second kappa shape index (κ2) is 9.45. The van der Waals surface area contributed by atoms with Crippen LogP contribution in [0.25, 0.3) is 0 Å². The van der Waals surface area contributed by atoms with Gasteiger partial charge >= 0.3 is 8.80 Å². The molecule has 136 valence electrons. The molecule has 0 bridgehead atoms. The summed E-state index contributed by atoms with van der Waals surface area (Å²) in [6, 6.07) is 21.2. The maximum Gasteiger partial charge on any atom is 0.521 e. The van der Waals surface area contributed by atoms with Crippen molar-refractivity contribution >= 4 is 27.5 Å². The Balaban J connectivity index is 2.41. The first-order valence-corrected chi connectivity index (χ1v) is 13.4. The fraction of sp³-hybridized carbons (Fsp3) is 0.400. The molecule has 0 radical (unpaired) electrons. The molecule has 2 rings (SSSR count). The average molecular weight is 375 g/mol. The van der Waals surface area contributed by atoms with Crippen LogP contribution in [0.1, 0.15) is 39.5 Å². The first kappa shape index (κ1) is 20.1. The Kier molecular flexibility index (Phi) is 7.59. The van der Waals surface area contributed by atoms with Crippen LogP contribution in [0, 0.1) is 0 Å². The van der Waals surface area contributed by atoms with E-state index in [-0.39, 0.29) is 0 Å². The summed E-state index contributed by atoms with van der Waals surface area (Å²) in [5.41, 5.74) is 0. The molecule has 2 aromatic carbocycles. The summed E-state index contributed by atoms with van der Waals surface area (Å²) >= 11 is 0. The molecular weight excluding hydrogens is 344 g/mol. The van der Waals surface area contributed by atoms with Gasteiger partial charge in [0.1, 0.15) is 0 Å². The van der Waals surface area contributed by atoms with Crippen LogP contribution in [0.3, 0.4) is 0 Å². The number of hydrogen-bond acceptors (Lipinski definition) is 3.